The van der Waals surface area contributed by atoms with Crippen molar-refractivity contribution in [1.82, 2.24) is 5.32 Å². The van der Waals surface area contributed by atoms with Crippen LogP contribution in [0.2, 0.25) is 0 Å². The van der Waals surface area contributed by atoms with Crippen LogP contribution in [0.1, 0.15) is 24.8 Å². The van der Waals surface area contributed by atoms with Crippen LogP contribution in [-0.4, -0.2) is 32.8 Å². The molecule has 1 saturated carbocycles. The molecule has 110 valence electrons. The second-order valence-corrected chi connectivity index (χ2v) is 5.96. The van der Waals surface area contributed by atoms with Gasteiger partial charge in [-0.2, -0.15) is 0 Å². The number of carbonyl (C=O) groups is 1. The first-order valence-corrected chi connectivity index (χ1v) is 7.59. The lowest BCUT2D eigenvalue weighted by Crippen LogP contribution is -2.51. The Bertz CT molecular complexity index is 460. The fourth-order valence-corrected chi connectivity index (χ4v) is 2.81. The van der Waals surface area contributed by atoms with Crippen LogP contribution >= 0.6 is 15.9 Å². The molecule has 0 aliphatic heterocycles. The number of benzene rings is 1. The third kappa shape index (κ3) is 3.81. The van der Waals surface area contributed by atoms with Crippen molar-refractivity contribution in [1.29, 1.82) is 0 Å². The van der Waals surface area contributed by atoms with E-state index in [1.165, 1.54) is 0 Å². The molecule has 20 heavy (non-hydrogen) atoms. The van der Waals surface area contributed by atoms with Crippen LogP contribution in [0.25, 0.3) is 0 Å². The van der Waals surface area contributed by atoms with Crippen molar-refractivity contribution < 1.29 is 14.3 Å². The molecular formula is C15H20BrNO3. The fourth-order valence-electron chi connectivity index (χ4n) is 2.41. The molecule has 0 aromatic heterocycles. The van der Waals surface area contributed by atoms with Crippen molar-refractivity contribution in [3.8, 4) is 0 Å². The maximum atomic E-state index is 12.0. The van der Waals surface area contributed by atoms with Crippen molar-refractivity contribution in [3.05, 3.63) is 34.3 Å². The van der Waals surface area contributed by atoms with Crippen molar-refractivity contribution in [2.75, 3.05) is 26.9 Å². The molecule has 1 amide bonds. The molecule has 5 heteroatoms. The van der Waals surface area contributed by atoms with Gasteiger partial charge in [0.1, 0.15) is 6.61 Å². The molecule has 0 saturated heterocycles. The molecule has 0 atom stereocenters. The Kier molecular flexibility index (Phi) is 5.57. The SMILES string of the molecule is COCCOCC(=O)NC1(c2cccc(Br)c2)CCC1. The van der Waals surface area contributed by atoms with Crippen LogP contribution in [0.5, 0.6) is 0 Å². The molecule has 0 radical (unpaired) electrons. The van der Waals surface area contributed by atoms with Gasteiger partial charge in [-0.3, -0.25) is 4.79 Å². The van der Waals surface area contributed by atoms with Crippen LogP contribution in [0.3, 0.4) is 0 Å². The van der Waals surface area contributed by atoms with Gasteiger partial charge < -0.3 is 14.8 Å². The Labute approximate surface area is 128 Å². The summed E-state index contributed by atoms with van der Waals surface area (Å²) < 4.78 is 11.2. The molecule has 1 aliphatic rings. The van der Waals surface area contributed by atoms with Gasteiger partial charge in [0.05, 0.1) is 18.8 Å². The highest BCUT2D eigenvalue weighted by molar-refractivity contribution is 9.10. The molecular weight excluding hydrogens is 322 g/mol. The van der Waals surface area contributed by atoms with Crippen LogP contribution in [0, 0.1) is 0 Å². The van der Waals surface area contributed by atoms with Crippen LogP contribution in [0.4, 0.5) is 0 Å². The van der Waals surface area contributed by atoms with Gasteiger partial charge in [-0.25, -0.2) is 0 Å². The zero-order chi connectivity index (χ0) is 14.4. The van der Waals surface area contributed by atoms with Gasteiger partial charge in [-0.15, -0.1) is 0 Å². The maximum Gasteiger partial charge on any atom is 0.246 e. The zero-order valence-corrected chi connectivity index (χ0v) is 13.2. The molecule has 1 fully saturated rings. The molecule has 1 aromatic carbocycles. The van der Waals surface area contributed by atoms with Gasteiger partial charge in [0, 0.05) is 11.6 Å². The summed E-state index contributed by atoms with van der Waals surface area (Å²) in [5, 5.41) is 3.12. The van der Waals surface area contributed by atoms with Crippen molar-refractivity contribution >= 4 is 21.8 Å². The third-order valence-corrected chi connectivity index (χ3v) is 4.12. The Hall–Kier alpha value is -0.910. The number of rotatable bonds is 7. The van der Waals surface area contributed by atoms with Gasteiger partial charge in [0.25, 0.3) is 0 Å². The summed E-state index contributed by atoms with van der Waals surface area (Å²) >= 11 is 3.48. The summed E-state index contributed by atoms with van der Waals surface area (Å²) in [5.41, 5.74) is 0.939. The van der Waals surface area contributed by atoms with E-state index < -0.39 is 0 Å². The van der Waals surface area contributed by atoms with Crippen LogP contribution in [-0.2, 0) is 19.8 Å². The molecule has 1 aromatic rings. The average molecular weight is 342 g/mol. The number of carbonyl (C=O) groups excluding carboxylic acids is 1. The average Bonchev–Trinajstić information content (AvgIpc) is 2.39. The first kappa shape index (κ1) is 15.5. The molecule has 1 N–H and O–H groups in total. The first-order valence-electron chi connectivity index (χ1n) is 6.80. The largest absolute Gasteiger partial charge is 0.382 e. The van der Waals surface area contributed by atoms with Gasteiger partial charge in [0.2, 0.25) is 5.91 Å². The molecule has 0 unspecified atom stereocenters. The van der Waals surface area contributed by atoms with E-state index >= 15 is 0 Å². The lowest BCUT2D eigenvalue weighted by atomic mass is 9.72. The minimum absolute atomic E-state index is 0.0687. The second kappa shape index (κ2) is 7.20. The maximum absolute atomic E-state index is 12.0. The van der Waals surface area contributed by atoms with Gasteiger partial charge >= 0.3 is 0 Å². The van der Waals surface area contributed by atoms with E-state index in [2.05, 4.69) is 33.4 Å². The number of hydrogen-bond acceptors (Lipinski definition) is 3. The fraction of sp³-hybridized carbons (Fsp3) is 0.533. The summed E-state index contributed by atoms with van der Waals surface area (Å²) in [5.74, 6) is -0.0687. The predicted octanol–water partition coefficient (Wildman–Crippen LogP) is 2.61. The predicted molar refractivity (Wildman–Crippen MR) is 80.5 cm³/mol. The topological polar surface area (TPSA) is 47.6 Å². The van der Waals surface area contributed by atoms with E-state index in [1.807, 2.05) is 12.1 Å². The Balaban J connectivity index is 1.93. The molecule has 2 rings (SSSR count). The summed E-state index contributed by atoms with van der Waals surface area (Å²) in [6, 6.07) is 8.13. The highest BCUT2D eigenvalue weighted by atomic mass is 79.9. The lowest BCUT2D eigenvalue weighted by Gasteiger charge is -2.43. The normalized spacial score (nSPS) is 16.5. The highest BCUT2D eigenvalue weighted by Crippen LogP contribution is 2.41. The van der Waals surface area contributed by atoms with E-state index in [9.17, 15) is 4.79 Å². The third-order valence-electron chi connectivity index (χ3n) is 3.63. The smallest absolute Gasteiger partial charge is 0.246 e. The number of ether oxygens (including phenoxy) is 2. The Morgan fingerprint density at radius 1 is 1.40 bits per heavy atom. The zero-order valence-electron chi connectivity index (χ0n) is 11.7. The van der Waals surface area contributed by atoms with Gasteiger partial charge in [-0.05, 0) is 37.0 Å². The Morgan fingerprint density at radius 3 is 2.80 bits per heavy atom. The number of amides is 1. The van der Waals surface area contributed by atoms with Crippen LogP contribution < -0.4 is 5.32 Å². The summed E-state index contributed by atoms with van der Waals surface area (Å²) in [7, 11) is 1.61. The molecule has 0 bridgehead atoms. The van der Waals surface area contributed by atoms with Gasteiger partial charge in [0.15, 0.2) is 0 Å². The van der Waals surface area contributed by atoms with E-state index in [-0.39, 0.29) is 18.1 Å². The second-order valence-electron chi connectivity index (χ2n) is 5.04. The molecule has 0 spiro atoms. The number of halogens is 1. The lowest BCUT2D eigenvalue weighted by molar-refractivity contribution is -0.129. The minimum Gasteiger partial charge on any atom is -0.382 e. The molecule has 1 aliphatic carbocycles. The van der Waals surface area contributed by atoms with Crippen LogP contribution in [0.15, 0.2) is 28.7 Å². The van der Waals surface area contributed by atoms with Crippen molar-refractivity contribution in [3.63, 3.8) is 0 Å². The van der Waals surface area contributed by atoms with E-state index in [1.54, 1.807) is 7.11 Å². The summed E-state index contributed by atoms with van der Waals surface area (Å²) in [6.07, 6.45) is 3.10. The first-order chi connectivity index (χ1) is 9.66. The van der Waals surface area contributed by atoms with E-state index in [4.69, 9.17) is 9.47 Å². The summed E-state index contributed by atoms with van der Waals surface area (Å²) in [6.45, 7) is 1.02. The number of nitrogens with one attached hydrogen (secondary N) is 1. The van der Waals surface area contributed by atoms with E-state index in [0.29, 0.717) is 13.2 Å². The minimum atomic E-state index is -0.217. The summed E-state index contributed by atoms with van der Waals surface area (Å²) in [4.78, 5) is 12.0. The van der Waals surface area contributed by atoms with Crippen molar-refractivity contribution in [2.24, 2.45) is 0 Å². The number of hydrogen-bond donors (Lipinski definition) is 1. The van der Waals surface area contributed by atoms with Gasteiger partial charge in [-0.1, -0.05) is 28.1 Å². The standard InChI is InChI=1S/C15H20BrNO3/c1-19-8-9-20-11-14(18)17-15(6-3-7-15)12-4-2-5-13(16)10-12/h2,4-5,10H,3,6-9,11H2,1H3,(H,17,18). The molecule has 0 heterocycles. The molecule has 4 nitrogen and oxygen atoms in total. The quantitative estimate of drug-likeness (QED) is 0.775. The van der Waals surface area contributed by atoms with Crippen molar-refractivity contribution in [2.45, 2.75) is 24.8 Å². The number of methoxy groups -OCH3 is 1. The van der Waals surface area contributed by atoms with E-state index in [0.717, 1.165) is 29.3 Å². The monoisotopic (exact) mass is 341 g/mol. The Morgan fingerprint density at radius 2 is 2.20 bits per heavy atom. The highest BCUT2D eigenvalue weighted by Gasteiger charge is 2.39.